The van der Waals surface area contributed by atoms with Gasteiger partial charge >= 0.3 is 0 Å². The number of nitrogens with one attached hydrogen (secondary N) is 1. The number of hydrogen-bond donors (Lipinski definition) is 1. The van der Waals surface area contributed by atoms with E-state index in [2.05, 4.69) is 27.9 Å². The van der Waals surface area contributed by atoms with E-state index in [1.54, 1.807) is 4.90 Å². The number of hydrogen-bond acceptors (Lipinski definition) is 2. The molecule has 2 aromatic rings. The Kier molecular flexibility index (Phi) is 5.67. The topological polar surface area (TPSA) is 49.4 Å². The molecule has 0 bridgehead atoms. The van der Waals surface area contributed by atoms with E-state index in [0.29, 0.717) is 18.7 Å². The van der Waals surface area contributed by atoms with Crippen LogP contribution in [0, 0.1) is 15.3 Å². The number of carbonyl (C=O) groups excluding carboxylic acids is 2. The zero-order valence-electron chi connectivity index (χ0n) is 13.5. The number of likely N-dealkylation sites (tertiary alicyclic amines) is 1. The Morgan fingerprint density at radius 3 is 2.56 bits per heavy atom. The van der Waals surface area contributed by atoms with Crippen LogP contribution < -0.4 is 5.32 Å². The lowest BCUT2D eigenvalue weighted by atomic mass is 9.96. The third-order valence-electron chi connectivity index (χ3n) is 4.30. The summed E-state index contributed by atoms with van der Waals surface area (Å²) >= 11 is 2.18. The first-order chi connectivity index (χ1) is 12.0. The van der Waals surface area contributed by atoms with Crippen LogP contribution in [0.5, 0.6) is 0 Å². The van der Waals surface area contributed by atoms with E-state index in [1.165, 1.54) is 24.3 Å². The maximum absolute atomic E-state index is 13.0. The van der Waals surface area contributed by atoms with Gasteiger partial charge in [0, 0.05) is 22.2 Å². The largest absolute Gasteiger partial charge is 0.338 e. The van der Waals surface area contributed by atoms with Gasteiger partial charge in [0.2, 0.25) is 5.91 Å². The minimum absolute atomic E-state index is 0.0688. The Morgan fingerprint density at radius 2 is 1.84 bits per heavy atom. The summed E-state index contributed by atoms with van der Waals surface area (Å²) in [4.78, 5) is 26.8. The van der Waals surface area contributed by atoms with E-state index in [1.807, 2.05) is 24.3 Å². The monoisotopic (exact) mass is 452 g/mol. The summed E-state index contributed by atoms with van der Waals surface area (Å²) < 4.78 is 14.0. The number of para-hydroxylation sites is 1. The zero-order valence-corrected chi connectivity index (χ0v) is 15.7. The molecule has 130 valence electrons. The molecule has 3 rings (SSSR count). The summed E-state index contributed by atoms with van der Waals surface area (Å²) in [5.74, 6) is -0.841. The van der Waals surface area contributed by atoms with Crippen molar-refractivity contribution in [3.8, 4) is 0 Å². The lowest BCUT2D eigenvalue weighted by Crippen LogP contribution is -2.43. The van der Waals surface area contributed by atoms with Gasteiger partial charge in [0.05, 0.1) is 11.6 Å². The molecule has 1 N–H and O–H groups in total. The number of anilines is 1. The Labute approximate surface area is 159 Å². The lowest BCUT2D eigenvalue weighted by Gasteiger charge is -2.32. The van der Waals surface area contributed by atoms with Crippen molar-refractivity contribution in [2.75, 3.05) is 18.4 Å². The van der Waals surface area contributed by atoms with Gasteiger partial charge in [-0.15, -0.1) is 0 Å². The van der Waals surface area contributed by atoms with Crippen LogP contribution in [-0.4, -0.2) is 29.8 Å². The van der Waals surface area contributed by atoms with E-state index < -0.39 is 0 Å². The number of nitrogens with zero attached hydrogens (tertiary/aromatic N) is 1. The number of benzene rings is 2. The number of amides is 2. The van der Waals surface area contributed by atoms with Crippen molar-refractivity contribution < 1.29 is 14.0 Å². The minimum Gasteiger partial charge on any atom is -0.338 e. The second kappa shape index (κ2) is 7.95. The molecular formula is C19H18FIN2O2. The van der Waals surface area contributed by atoms with Crippen molar-refractivity contribution in [2.45, 2.75) is 12.8 Å². The van der Waals surface area contributed by atoms with Gasteiger partial charge in [0.25, 0.3) is 5.91 Å². The molecule has 1 fully saturated rings. The first-order valence-electron chi connectivity index (χ1n) is 8.15. The third-order valence-corrected chi connectivity index (χ3v) is 5.24. The van der Waals surface area contributed by atoms with Crippen molar-refractivity contribution in [2.24, 2.45) is 5.92 Å². The summed E-state index contributed by atoms with van der Waals surface area (Å²) in [5, 5.41) is 2.95. The Balaban J connectivity index is 1.66. The molecule has 0 aliphatic carbocycles. The Morgan fingerprint density at radius 1 is 1.12 bits per heavy atom. The summed E-state index contributed by atoms with van der Waals surface area (Å²) in [5.41, 5.74) is 1.23. The summed E-state index contributed by atoms with van der Waals surface area (Å²) in [6, 6.07) is 13.1. The first kappa shape index (κ1) is 17.8. The predicted molar refractivity (Wildman–Crippen MR) is 103 cm³/mol. The minimum atomic E-state index is -0.370. The lowest BCUT2D eigenvalue weighted by molar-refractivity contribution is -0.121. The molecule has 1 saturated heterocycles. The molecule has 1 heterocycles. The van der Waals surface area contributed by atoms with Crippen LogP contribution in [0.25, 0.3) is 0 Å². The zero-order chi connectivity index (χ0) is 17.8. The standard InChI is InChI=1S/C19H18FIN2O2/c20-15-9-7-13(8-10-15)19(25)23-11-3-4-14(12-23)18(24)22-17-6-2-1-5-16(17)21/h1-2,5-10,14H,3-4,11-12H2,(H,22,24). The van der Waals surface area contributed by atoms with Crippen LogP contribution in [0.1, 0.15) is 23.2 Å². The van der Waals surface area contributed by atoms with Crippen LogP contribution in [0.3, 0.4) is 0 Å². The van der Waals surface area contributed by atoms with Crippen molar-refractivity contribution in [3.63, 3.8) is 0 Å². The highest BCUT2D eigenvalue weighted by Crippen LogP contribution is 2.22. The number of carbonyl (C=O) groups is 2. The van der Waals surface area contributed by atoms with Gasteiger partial charge in [-0.05, 0) is 71.8 Å². The second-order valence-electron chi connectivity index (χ2n) is 6.07. The molecule has 2 aromatic carbocycles. The van der Waals surface area contributed by atoms with Gasteiger partial charge in [0.15, 0.2) is 0 Å². The van der Waals surface area contributed by atoms with Crippen molar-refractivity contribution >= 4 is 40.1 Å². The highest BCUT2D eigenvalue weighted by molar-refractivity contribution is 14.1. The average molecular weight is 452 g/mol. The summed E-state index contributed by atoms with van der Waals surface area (Å²) in [6.07, 6.45) is 1.53. The maximum atomic E-state index is 13.0. The highest BCUT2D eigenvalue weighted by Gasteiger charge is 2.29. The van der Waals surface area contributed by atoms with E-state index in [9.17, 15) is 14.0 Å². The molecule has 1 atom stereocenters. The molecule has 0 aromatic heterocycles. The van der Waals surface area contributed by atoms with Crippen LogP contribution in [0.15, 0.2) is 48.5 Å². The molecular weight excluding hydrogens is 434 g/mol. The molecule has 1 unspecified atom stereocenters. The fourth-order valence-corrected chi connectivity index (χ4v) is 3.47. The van der Waals surface area contributed by atoms with Crippen LogP contribution in [0.2, 0.25) is 0 Å². The third kappa shape index (κ3) is 4.36. The average Bonchev–Trinajstić information content (AvgIpc) is 2.64. The molecule has 4 nitrogen and oxygen atoms in total. The van der Waals surface area contributed by atoms with E-state index in [0.717, 1.165) is 22.1 Å². The Hall–Kier alpha value is -1.96. The van der Waals surface area contributed by atoms with Crippen LogP contribution in [-0.2, 0) is 4.79 Å². The smallest absolute Gasteiger partial charge is 0.253 e. The number of piperidine rings is 1. The normalized spacial score (nSPS) is 17.2. The van der Waals surface area contributed by atoms with Crippen LogP contribution in [0.4, 0.5) is 10.1 Å². The number of halogens is 2. The van der Waals surface area contributed by atoms with Crippen molar-refractivity contribution in [3.05, 3.63) is 63.5 Å². The fraction of sp³-hybridized carbons (Fsp3) is 0.263. The fourth-order valence-electron chi connectivity index (χ4n) is 2.95. The van der Waals surface area contributed by atoms with E-state index in [-0.39, 0.29) is 23.5 Å². The highest BCUT2D eigenvalue weighted by atomic mass is 127. The van der Waals surface area contributed by atoms with Gasteiger partial charge < -0.3 is 10.2 Å². The van der Waals surface area contributed by atoms with Crippen LogP contribution >= 0.6 is 22.6 Å². The quantitative estimate of drug-likeness (QED) is 0.718. The molecule has 0 radical (unpaired) electrons. The molecule has 25 heavy (non-hydrogen) atoms. The molecule has 0 saturated carbocycles. The van der Waals surface area contributed by atoms with Crippen molar-refractivity contribution in [1.82, 2.24) is 4.90 Å². The Bertz CT molecular complexity index is 779. The number of rotatable bonds is 3. The second-order valence-corrected chi connectivity index (χ2v) is 7.23. The van der Waals surface area contributed by atoms with E-state index >= 15 is 0 Å². The van der Waals surface area contributed by atoms with Gasteiger partial charge in [-0.2, -0.15) is 0 Å². The van der Waals surface area contributed by atoms with E-state index in [4.69, 9.17) is 0 Å². The van der Waals surface area contributed by atoms with Crippen molar-refractivity contribution in [1.29, 1.82) is 0 Å². The first-order valence-corrected chi connectivity index (χ1v) is 9.22. The molecule has 0 spiro atoms. The van der Waals surface area contributed by atoms with Gasteiger partial charge in [-0.3, -0.25) is 9.59 Å². The molecule has 1 aliphatic rings. The van der Waals surface area contributed by atoms with Gasteiger partial charge in [-0.25, -0.2) is 4.39 Å². The SMILES string of the molecule is O=C(Nc1ccccc1I)C1CCCN(C(=O)c2ccc(F)cc2)C1. The summed E-state index contributed by atoms with van der Waals surface area (Å²) in [6.45, 7) is 0.994. The van der Waals surface area contributed by atoms with Gasteiger partial charge in [-0.1, -0.05) is 12.1 Å². The predicted octanol–water partition coefficient (Wildman–Crippen LogP) is 3.92. The maximum Gasteiger partial charge on any atom is 0.253 e. The molecule has 6 heteroatoms. The molecule has 1 aliphatic heterocycles. The molecule has 2 amide bonds. The summed E-state index contributed by atoms with van der Waals surface area (Å²) in [7, 11) is 0. The van der Waals surface area contributed by atoms with Gasteiger partial charge in [0.1, 0.15) is 5.82 Å².